The van der Waals surface area contributed by atoms with E-state index in [2.05, 4.69) is 5.32 Å². The maximum absolute atomic E-state index is 12.5. The molecule has 1 aliphatic rings. The molecule has 2 amide bonds. The molecule has 1 saturated carbocycles. The molecule has 0 heterocycles. The quantitative estimate of drug-likeness (QED) is 0.883. The fourth-order valence-electron chi connectivity index (χ4n) is 3.03. The second kappa shape index (κ2) is 7.46. The van der Waals surface area contributed by atoms with Crippen LogP contribution in [0.15, 0.2) is 24.3 Å². The summed E-state index contributed by atoms with van der Waals surface area (Å²) in [6.07, 6.45) is 6.03. The van der Waals surface area contributed by atoms with Gasteiger partial charge in [0, 0.05) is 24.3 Å². The van der Waals surface area contributed by atoms with Crippen LogP contribution in [0.3, 0.4) is 0 Å². The van der Waals surface area contributed by atoms with Gasteiger partial charge in [0.2, 0.25) is 0 Å². The first-order chi connectivity index (χ1) is 10.1. The van der Waals surface area contributed by atoms with Crippen LogP contribution >= 0.6 is 0 Å². The van der Waals surface area contributed by atoms with Gasteiger partial charge in [-0.25, -0.2) is 4.79 Å². The van der Waals surface area contributed by atoms with Crippen molar-refractivity contribution >= 4 is 11.7 Å². The second-order valence-electron chi connectivity index (χ2n) is 5.92. The largest absolute Gasteiger partial charge is 0.324 e. The summed E-state index contributed by atoms with van der Waals surface area (Å²) >= 11 is 0. The molecule has 1 atom stereocenters. The highest BCUT2D eigenvalue weighted by Crippen LogP contribution is 2.23. The Labute approximate surface area is 127 Å². The van der Waals surface area contributed by atoms with E-state index in [9.17, 15) is 4.79 Å². The van der Waals surface area contributed by atoms with Crippen molar-refractivity contribution in [2.24, 2.45) is 5.73 Å². The molecule has 1 aromatic rings. The standard InChI is InChI=1S/C17H27N3O/c1-3-20(16-7-5-4-6-8-16)17(21)19-15-11-9-14(10-12-15)13(2)18/h9-13,16H,3-8,18H2,1-2H3,(H,19,21). The minimum atomic E-state index is 0.0120. The molecular formula is C17H27N3O. The van der Waals surface area contributed by atoms with E-state index in [1.807, 2.05) is 43.0 Å². The van der Waals surface area contributed by atoms with Crippen LogP contribution in [-0.2, 0) is 0 Å². The summed E-state index contributed by atoms with van der Waals surface area (Å²) in [6, 6.07) is 8.21. The van der Waals surface area contributed by atoms with E-state index in [4.69, 9.17) is 5.73 Å². The first-order valence-electron chi connectivity index (χ1n) is 8.05. The number of nitrogens with one attached hydrogen (secondary N) is 1. The monoisotopic (exact) mass is 289 g/mol. The molecule has 0 saturated heterocycles. The van der Waals surface area contributed by atoms with Crippen LogP contribution in [0, 0.1) is 0 Å². The number of benzene rings is 1. The Kier molecular flexibility index (Phi) is 5.62. The molecule has 1 fully saturated rings. The molecule has 21 heavy (non-hydrogen) atoms. The number of hydrogen-bond acceptors (Lipinski definition) is 2. The maximum atomic E-state index is 12.5. The Morgan fingerprint density at radius 3 is 2.43 bits per heavy atom. The van der Waals surface area contributed by atoms with Gasteiger partial charge < -0.3 is 16.0 Å². The van der Waals surface area contributed by atoms with Crippen molar-refractivity contribution in [1.82, 2.24) is 4.90 Å². The Hall–Kier alpha value is -1.55. The highest BCUT2D eigenvalue weighted by atomic mass is 16.2. The van der Waals surface area contributed by atoms with Gasteiger partial charge in [0.1, 0.15) is 0 Å². The zero-order chi connectivity index (χ0) is 15.2. The van der Waals surface area contributed by atoms with Crippen LogP contribution in [0.1, 0.15) is 57.6 Å². The highest BCUT2D eigenvalue weighted by Gasteiger charge is 2.23. The fraction of sp³-hybridized carbons (Fsp3) is 0.588. The van der Waals surface area contributed by atoms with E-state index >= 15 is 0 Å². The minimum absolute atomic E-state index is 0.0120. The van der Waals surface area contributed by atoms with E-state index in [1.54, 1.807) is 0 Å². The number of hydrogen-bond donors (Lipinski definition) is 2. The Balaban J connectivity index is 1.98. The summed E-state index contributed by atoms with van der Waals surface area (Å²) < 4.78 is 0. The number of carbonyl (C=O) groups excluding carboxylic acids is 1. The van der Waals surface area contributed by atoms with Crippen LogP contribution in [-0.4, -0.2) is 23.5 Å². The molecule has 4 nitrogen and oxygen atoms in total. The number of rotatable bonds is 4. The highest BCUT2D eigenvalue weighted by molar-refractivity contribution is 5.89. The molecule has 2 rings (SSSR count). The Morgan fingerprint density at radius 2 is 1.90 bits per heavy atom. The first kappa shape index (κ1) is 15.8. The zero-order valence-electron chi connectivity index (χ0n) is 13.1. The summed E-state index contributed by atoms with van der Waals surface area (Å²) in [6.45, 7) is 4.76. The third-order valence-corrected chi connectivity index (χ3v) is 4.30. The number of urea groups is 1. The predicted molar refractivity (Wildman–Crippen MR) is 87.3 cm³/mol. The molecule has 3 N–H and O–H groups in total. The molecular weight excluding hydrogens is 262 g/mol. The van der Waals surface area contributed by atoms with E-state index in [1.165, 1.54) is 19.3 Å². The van der Waals surface area contributed by atoms with Crippen LogP contribution in [0.4, 0.5) is 10.5 Å². The van der Waals surface area contributed by atoms with E-state index in [0.717, 1.165) is 30.6 Å². The molecule has 116 valence electrons. The summed E-state index contributed by atoms with van der Waals surface area (Å²) in [5, 5.41) is 3.00. The number of nitrogens with zero attached hydrogens (tertiary/aromatic N) is 1. The third kappa shape index (κ3) is 4.21. The number of nitrogens with two attached hydrogens (primary N) is 1. The van der Waals surface area contributed by atoms with Crippen molar-refractivity contribution < 1.29 is 4.79 Å². The van der Waals surface area contributed by atoms with Crippen LogP contribution in [0.25, 0.3) is 0 Å². The molecule has 1 aliphatic carbocycles. The molecule has 4 heteroatoms. The van der Waals surface area contributed by atoms with Gasteiger partial charge >= 0.3 is 6.03 Å². The van der Waals surface area contributed by atoms with Gasteiger partial charge in [-0.15, -0.1) is 0 Å². The Morgan fingerprint density at radius 1 is 1.29 bits per heavy atom. The van der Waals surface area contributed by atoms with Crippen molar-refractivity contribution in [3.05, 3.63) is 29.8 Å². The minimum Gasteiger partial charge on any atom is -0.324 e. The molecule has 0 aromatic heterocycles. The topological polar surface area (TPSA) is 58.4 Å². The van der Waals surface area contributed by atoms with Crippen molar-refractivity contribution in [2.45, 2.75) is 58.0 Å². The average Bonchev–Trinajstić information content (AvgIpc) is 2.49. The second-order valence-corrected chi connectivity index (χ2v) is 5.92. The summed E-state index contributed by atoms with van der Waals surface area (Å²) in [4.78, 5) is 14.4. The number of amides is 2. The van der Waals surface area contributed by atoms with Crippen LogP contribution < -0.4 is 11.1 Å². The van der Waals surface area contributed by atoms with E-state index in [-0.39, 0.29) is 12.1 Å². The molecule has 0 spiro atoms. The SMILES string of the molecule is CCN(C(=O)Nc1ccc(C(C)N)cc1)C1CCCCC1. The lowest BCUT2D eigenvalue weighted by molar-refractivity contribution is 0.172. The molecule has 1 aromatic carbocycles. The van der Waals surface area contributed by atoms with Crippen molar-refractivity contribution in [2.75, 3.05) is 11.9 Å². The average molecular weight is 289 g/mol. The number of anilines is 1. The van der Waals surface area contributed by atoms with Crippen molar-refractivity contribution in [1.29, 1.82) is 0 Å². The van der Waals surface area contributed by atoms with Gasteiger partial charge in [-0.05, 0) is 44.4 Å². The zero-order valence-corrected chi connectivity index (χ0v) is 13.1. The molecule has 0 bridgehead atoms. The summed E-state index contributed by atoms with van der Waals surface area (Å²) in [5.74, 6) is 0. The van der Waals surface area contributed by atoms with Crippen molar-refractivity contribution in [3.8, 4) is 0 Å². The van der Waals surface area contributed by atoms with Gasteiger partial charge in [-0.1, -0.05) is 31.4 Å². The lowest BCUT2D eigenvalue weighted by Gasteiger charge is -2.33. The van der Waals surface area contributed by atoms with Gasteiger partial charge in [-0.3, -0.25) is 0 Å². The molecule has 1 unspecified atom stereocenters. The Bertz CT molecular complexity index is 450. The molecule has 0 aliphatic heterocycles. The fourth-order valence-corrected chi connectivity index (χ4v) is 3.03. The van der Waals surface area contributed by atoms with E-state index in [0.29, 0.717) is 6.04 Å². The maximum Gasteiger partial charge on any atom is 0.322 e. The lowest BCUT2D eigenvalue weighted by atomic mass is 9.94. The summed E-state index contributed by atoms with van der Waals surface area (Å²) in [7, 11) is 0. The van der Waals surface area contributed by atoms with Gasteiger partial charge in [0.25, 0.3) is 0 Å². The lowest BCUT2D eigenvalue weighted by Crippen LogP contribution is -2.43. The van der Waals surface area contributed by atoms with Gasteiger partial charge in [0.15, 0.2) is 0 Å². The van der Waals surface area contributed by atoms with Gasteiger partial charge in [0.05, 0.1) is 0 Å². The normalized spacial score (nSPS) is 17.3. The number of carbonyl (C=O) groups is 1. The first-order valence-corrected chi connectivity index (χ1v) is 8.05. The predicted octanol–water partition coefficient (Wildman–Crippen LogP) is 3.89. The molecule has 0 radical (unpaired) electrons. The van der Waals surface area contributed by atoms with Gasteiger partial charge in [-0.2, -0.15) is 0 Å². The smallest absolute Gasteiger partial charge is 0.322 e. The van der Waals surface area contributed by atoms with E-state index < -0.39 is 0 Å². The summed E-state index contributed by atoms with van der Waals surface area (Å²) in [5.41, 5.74) is 7.75. The van der Waals surface area contributed by atoms with Crippen LogP contribution in [0.5, 0.6) is 0 Å². The van der Waals surface area contributed by atoms with Crippen LogP contribution in [0.2, 0.25) is 0 Å². The van der Waals surface area contributed by atoms with Crippen molar-refractivity contribution in [3.63, 3.8) is 0 Å². The third-order valence-electron chi connectivity index (χ3n) is 4.30.